The van der Waals surface area contributed by atoms with E-state index >= 15 is 0 Å². The monoisotopic (exact) mass is 322 g/mol. The van der Waals surface area contributed by atoms with Gasteiger partial charge in [0.15, 0.2) is 0 Å². The number of halogens is 1. The van der Waals surface area contributed by atoms with Crippen LogP contribution in [0.15, 0.2) is 24.3 Å². The number of hydrogen-bond acceptors (Lipinski definition) is 3. The molecule has 5 heteroatoms. The van der Waals surface area contributed by atoms with E-state index in [1.54, 1.807) is 0 Å². The normalized spacial score (nSPS) is 26.1. The maximum atomic E-state index is 12.8. The Bertz CT molecular complexity index is 549. The van der Waals surface area contributed by atoms with Crippen LogP contribution in [0.4, 0.5) is 0 Å². The first-order chi connectivity index (χ1) is 10.6. The number of aliphatic hydroxyl groups excluding tert-OH is 1. The summed E-state index contributed by atoms with van der Waals surface area (Å²) in [6.45, 7) is 3.92. The Balaban J connectivity index is 1.67. The Morgan fingerprint density at radius 3 is 2.91 bits per heavy atom. The van der Waals surface area contributed by atoms with Gasteiger partial charge in [0.1, 0.15) is 0 Å². The van der Waals surface area contributed by atoms with E-state index in [1.807, 2.05) is 23.1 Å². The molecule has 2 fully saturated rings. The molecule has 0 bridgehead atoms. The summed E-state index contributed by atoms with van der Waals surface area (Å²) in [6, 6.07) is 7.93. The Morgan fingerprint density at radius 2 is 2.14 bits per heavy atom. The minimum atomic E-state index is -0.230. The van der Waals surface area contributed by atoms with E-state index in [2.05, 4.69) is 11.0 Å². The van der Waals surface area contributed by atoms with E-state index in [-0.39, 0.29) is 17.9 Å². The number of rotatable bonds is 4. The molecule has 3 rings (SSSR count). The summed E-state index contributed by atoms with van der Waals surface area (Å²) in [6.07, 6.45) is 2.94. The van der Waals surface area contributed by atoms with Gasteiger partial charge in [-0.05, 0) is 43.5 Å². The molecular weight excluding hydrogens is 300 g/mol. The van der Waals surface area contributed by atoms with Crippen molar-refractivity contribution in [1.82, 2.24) is 9.80 Å². The van der Waals surface area contributed by atoms with Gasteiger partial charge in [0.2, 0.25) is 5.91 Å². The molecule has 0 saturated carbocycles. The van der Waals surface area contributed by atoms with Crippen molar-refractivity contribution in [1.29, 1.82) is 0 Å². The van der Waals surface area contributed by atoms with Crippen LogP contribution < -0.4 is 0 Å². The van der Waals surface area contributed by atoms with Gasteiger partial charge in [-0.3, -0.25) is 9.69 Å². The summed E-state index contributed by atoms with van der Waals surface area (Å²) in [5.41, 5.74) is 0.964. The zero-order valence-corrected chi connectivity index (χ0v) is 13.6. The van der Waals surface area contributed by atoms with Crippen LogP contribution in [0.25, 0.3) is 0 Å². The molecule has 0 aliphatic carbocycles. The number of likely N-dealkylation sites (tertiary alicyclic amines) is 2. The topological polar surface area (TPSA) is 43.8 Å². The predicted molar refractivity (Wildman–Crippen MR) is 86.7 cm³/mol. The second-order valence-electron chi connectivity index (χ2n) is 6.49. The van der Waals surface area contributed by atoms with E-state index in [0.717, 1.165) is 50.5 Å². The minimum absolute atomic E-state index is 0.0497. The lowest BCUT2D eigenvalue weighted by Crippen LogP contribution is -2.50. The number of benzene rings is 1. The number of carbonyl (C=O) groups is 1. The molecule has 22 heavy (non-hydrogen) atoms. The first-order valence-electron chi connectivity index (χ1n) is 8.00. The number of β-amino-alcohol motifs (C(OH)–C–C–N with tert-alkyl or cyclic N) is 1. The van der Waals surface area contributed by atoms with Gasteiger partial charge in [-0.1, -0.05) is 23.7 Å². The van der Waals surface area contributed by atoms with Crippen LogP contribution >= 0.6 is 11.6 Å². The highest BCUT2D eigenvalue weighted by molar-refractivity contribution is 6.30. The van der Waals surface area contributed by atoms with Crippen molar-refractivity contribution in [2.45, 2.75) is 25.8 Å². The molecule has 0 unspecified atom stereocenters. The molecule has 2 aliphatic rings. The molecule has 120 valence electrons. The maximum Gasteiger partial charge on any atom is 0.230 e. The molecule has 2 saturated heterocycles. The van der Waals surface area contributed by atoms with Crippen molar-refractivity contribution in [3.05, 3.63) is 34.9 Å². The Hall–Kier alpha value is -1.10. The fraction of sp³-hybridized carbons (Fsp3) is 0.588. The SMILES string of the molecule is O=C1N(CCO)CCC[C@]12CCN(Cc1cccc(Cl)c1)C2. The van der Waals surface area contributed by atoms with Gasteiger partial charge < -0.3 is 10.0 Å². The van der Waals surface area contributed by atoms with Crippen LogP contribution in [0.5, 0.6) is 0 Å². The fourth-order valence-electron chi connectivity index (χ4n) is 3.85. The van der Waals surface area contributed by atoms with Crippen molar-refractivity contribution < 1.29 is 9.90 Å². The molecule has 1 aromatic rings. The standard InChI is InChI=1S/C17H23ClN2O2/c18-15-4-1-3-14(11-15)12-19-8-6-17(13-19)5-2-7-20(9-10-21)16(17)22/h1,3-4,11,21H,2,5-10,12-13H2/t17-/m1/s1. The van der Waals surface area contributed by atoms with E-state index in [4.69, 9.17) is 16.7 Å². The van der Waals surface area contributed by atoms with Crippen LogP contribution in [0.1, 0.15) is 24.8 Å². The quantitative estimate of drug-likeness (QED) is 0.923. The molecule has 1 spiro atoms. The average Bonchev–Trinajstić information content (AvgIpc) is 2.88. The molecule has 2 heterocycles. The van der Waals surface area contributed by atoms with Crippen LogP contribution in [-0.4, -0.2) is 53.6 Å². The number of aliphatic hydroxyl groups is 1. The minimum Gasteiger partial charge on any atom is -0.395 e. The molecular formula is C17H23ClN2O2. The molecule has 2 aliphatic heterocycles. The fourth-order valence-corrected chi connectivity index (χ4v) is 4.06. The second-order valence-corrected chi connectivity index (χ2v) is 6.93. The Kier molecular flexibility index (Phi) is 4.71. The number of hydrogen-bond donors (Lipinski definition) is 1. The summed E-state index contributed by atoms with van der Waals surface area (Å²) >= 11 is 6.05. The highest BCUT2D eigenvalue weighted by Crippen LogP contribution is 2.40. The number of piperidine rings is 1. The third kappa shape index (κ3) is 3.14. The zero-order valence-electron chi connectivity index (χ0n) is 12.8. The van der Waals surface area contributed by atoms with E-state index in [0.29, 0.717) is 6.54 Å². The van der Waals surface area contributed by atoms with Crippen LogP contribution in [-0.2, 0) is 11.3 Å². The first kappa shape index (κ1) is 15.8. The van der Waals surface area contributed by atoms with Gasteiger partial charge in [-0.2, -0.15) is 0 Å². The van der Waals surface area contributed by atoms with Crippen molar-refractivity contribution in [2.24, 2.45) is 5.41 Å². The van der Waals surface area contributed by atoms with Crippen molar-refractivity contribution in [3.8, 4) is 0 Å². The van der Waals surface area contributed by atoms with Crippen molar-refractivity contribution in [3.63, 3.8) is 0 Å². The summed E-state index contributed by atoms with van der Waals surface area (Å²) in [5, 5.41) is 9.88. The lowest BCUT2D eigenvalue weighted by atomic mass is 9.78. The van der Waals surface area contributed by atoms with Gasteiger partial charge in [-0.15, -0.1) is 0 Å². The van der Waals surface area contributed by atoms with Gasteiger partial charge in [-0.25, -0.2) is 0 Å². The third-order valence-electron chi connectivity index (χ3n) is 4.92. The Labute approximate surface area is 136 Å². The van der Waals surface area contributed by atoms with Crippen LogP contribution in [0.3, 0.4) is 0 Å². The number of nitrogens with zero attached hydrogens (tertiary/aromatic N) is 2. The molecule has 1 atom stereocenters. The smallest absolute Gasteiger partial charge is 0.230 e. The third-order valence-corrected chi connectivity index (χ3v) is 5.16. The lowest BCUT2D eigenvalue weighted by Gasteiger charge is -2.39. The molecule has 4 nitrogen and oxygen atoms in total. The second kappa shape index (κ2) is 6.57. The maximum absolute atomic E-state index is 12.8. The van der Waals surface area contributed by atoms with Crippen molar-refractivity contribution >= 4 is 17.5 Å². The summed E-state index contributed by atoms with van der Waals surface area (Å²) < 4.78 is 0. The van der Waals surface area contributed by atoms with Gasteiger partial charge in [0, 0.05) is 31.2 Å². The van der Waals surface area contributed by atoms with E-state index in [9.17, 15) is 4.79 Å². The highest BCUT2D eigenvalue weighted by Gasteiger charge is 2.47. The summed E-state index contributed by atoms with van der Waals surface area (Å²) in [5.74, 6) is 0.237. The average molecular weight is 323 g/mol. The molecule has 1 N–H and O–H groups in total. The lowest BCUT2D eigenvalue weighted by molar-refractivity contribution is -0.146. The summed E-state index contributed by atoms with van der Waals surface area (Å²) in [4.78, 5) is 17.0. The molecule has 0 aromatic heterocycles. The van der Waals surface area contributed by atoms with Gasteiger partial charge in [0.05, 0.1) is 12.0 Å². The zero-order chi connectivity index (χ0) is 15.6. The van der Waals surface area contributed by atoms with Gasteiger partial charge >= 0.3 is 0 Å². The van der Waals surface area contributed by atoms with E-state index < -0.39 is 0 Å². The van der Waals surface area contributed by atoms with Crippen molar-refractivity contribution in [2.75, 3.05) is 32.8 Å². The molecule has 1 aromatic carbocycles. The predicted octanol–water partition coefficient (Wildman–Crippen LogP) is 2.15. The number of amides is 1. The summed E-state index contributed by atoms with van der Waals surface area (Å²) in [7, 11) is 0. The van der Waals surface area contributed by atoms with Gasteiger partial charge in [0.25, 0.3) is 0 Å². The molecule has 1 amide bonds. The Morgan fingerprint density at radius 1 is 1.27 bits per heavy atom. The number of carbonyl (C=O) groups excluding carboxylic acids is 1. The first-order valence-corrected chi connectivity index (χ1v) is 8.38. The largest absolute Gasteiger partial charge is 0.395 e. The van der Waals surface area contributed by atoms with Crippen LogP contribution in [0.2, 0.25) is 5.02 Å². The molecule has 0 radical (unpaired) electrons. The van der Waals surface area contributed by atoms with Crippen LogP contribution in [0, 0.1) is 5.41 Å². The van der Waals surface area contributed by atoms with E-state index in [1.165, 1.54) is 5.56 Å². The highest BCUT2D eigenvalue weighted by atomic mass is 35.5.